The molecule has 0 spiro atoms. The number of nitrogens with zero attached hydrogens (tertiary/aromatic N) is 1. The zero-order valence-corrected chi connectivity index (χ0v) is 16.9. The van der Waals surface area contributed by atoms with Gasteiger partial charge in [-0.25, -0.2) is 10.9 Å². The Morgan fingerprint density at radius 2 is 1.24 bits per heavy atom. The summed E-state index contributed by atoms with van der Waals surface area (Å²) >= 11 is 0. The topological polar surface area (TPSA) is 83.6 Å². The number of nitrogens with two attached hydrogens (primary N) is 1. The molecular formula is C20H34N2O3. The van der Waals surface area contributed by atoms with Crippen LogP contribution in [0, 0.1) is 0 Å². The van der Waals surface area contributed by atoms with Gasteiger partial charge in [0.05, 0.1) is 0 Å². The van der Waals surface area contributed by atoms with Crippen LogP contribution < -0.4 is 5.84 Å². The maximum Gasteiger partial charge on any atom is 0.243 e. The van der Waals surface area contributed by atoms with Gasteiger partial charge in [-0.3, -0.25) is 9.59 Å². The zero-order chi connectivity index (χ0) is 20.0. The third-order valence-electron chi connectivity index (χ3n) is 3.79. The highest BCUT2D eigenvalue weighted by Gasteiger charge is 2.24. The molecule has 3 N–H and O–H groups in total. The number of benzene rings is 1. The Morgan fingerprint density at radius 3 is 1.48 bits per heavy atom. The Morgan fingerprint density at radius 1 is 0.920 bits per heavy atom. The molecule has 0 aromatic heterocycles. The van der Waals surface area contributed by atoms with Crippen LogP contribution in [-0.2, 0) is 20.4 Å². The van der Waals surface area contributed by atoms with E-state index in [-0.39, 0.29) is 35.5 Å². The zero-order valence-electron chi connectivity index (χ0n) is 16.9. The molecule has 0 bridgehead atoms. The van der Waals surface area contributed by atoms with Gasteiger partial charge in [0.15, 0.2) is 0 Å². The highest BCUT2D eigenvalue weighted by atomic mass is 16.3. The fourth-order valence-electron chi connectivity index (χ4n) is 2.23. The quantitative estimate of drug-likeness (QED) is 0.479. The minimum Gasteiger partial charge on any atom is -0.507 e. The Hall–Kier alpha value is -1.88. The van der Waals surface area contributed by atoms with Gasteiger partial charge in [0.25, 0.3) is 0 Å². The van der Waals surface area contributed by atoms with Crippen molar-refractivity contribution in [1.82, 2.24) is 5.01 Å². The largest absolute Gasteiger partial charge is 0.507 e. The molecule has 25 heavy (non-hydrogen) atoms. The monoisotopic (exact) mass is 350 g/mol. The van der Waals surface area contributed by atoms with Gasteiger partial charge in [-0.2, -0.15) is 0 Å². The number of aromatic hydroxyl groups is 1. The number of hydrogen-bond donors (Lipinski definition) is 2. The maximum absolute atomic E-state index is 10.7. The number of phenolic OH excluding ortho intramolecular Hbond substituents is 1. The first-order chi connectivity index (χ1) is 11.3. The van der Waals surface area contributed by atoms with Gasteiger partial charge in [0, 0.05) is 12.8 Å². The van der Waals surface area contributed by atoms with E-state index < -0.39 is 0 Å². The number of amides is 2. The summed E-state index contributed by atoms with van der Waals surface area (Å²) in [5.74, 6) is 4.89. The van der Waals surface area contributed by atoms with E-state index in [0.29, 0.717) is 10.8 Å². The second-order valence-electron chi connectivity index (χ2n) is 8.07. The molecule has 0 saturated carbocycles. The van der Waals surface area contributed by atoms with Crippen LogP contribution in [0.3, 0.4) is 0 Å². The molecule has 0 fully saturated rings. The second kappa shape index (κ2) is 8.99. The molecule has 0 heterocycles. The van der Waals surface area contributed by atoms with E-state index in [2.05, 4.69) is 41.5 Å². The molecule has 2 amide bonds. The predicted molar refractivity (Wildman–Crippen MR) is 102 cm³/mol. The van der Waals surface area contributed by atoms with E-state index in [0.717, 1.165) is 11.1 Å². The minimum absolute atomic E-state index is 0.00859. The van der Waals surface area contributed by atoms with E-state index in [1.165, 1.54) is 0 Å². The second-order valence-corrected chi connectivity index (χ2v) is 8.07. The number of carbonyl (C=O) groups is 2. The summed E-state index contributed by atoms with van der Waals surface area (Å²) in [6.07, 6.45) is 0.532. The lowest BCUT2D eigenvalue weighted by atomic mass is 9.80. The van der Waals surface area contributed by atoms with Gasteiger partial charge < -0.3 is 5.11 Å². The molecule has 0 saturated heterocycles. The Balaban J connectivity index is 0.000000504. The van der Waals surface area contributed by atoms with E-state index >= 15 is 0 Å². The van der Waals surface area contributed by atoms with Crippen molar-refractivity contribution in [3.63, 3.8) is 0 Å². The van der Waals surface area contributed by atoms with E-state index in [1.807, 2.05) is 18.2 Å². The average Bonchev–Trinajstić information content (AvgIpc) is 2.51. The Labute approximate surface area is 152 Å². The van der Waals surface area contributed by atoms with Crippen molar-refractivity contribution in [3.8, 4) is 5.75 Å². The fraction of sp³-hybridized carbons (Fsp3) is 0.600. The number of hydrogen-bond acceptors (Lipinski definition) is 4. The molecule has 1 rings (SSSR count). The minimum atomic E-state index is -0.341. The molecule has 1 aromatic rings. The average molecular weight is 351 g/mol. The summed E-state index contributed by atoms with van der Waals surface area (Å²) in [6.45, 7) is 16.0. The summed E-state index contributed by atoms with van der Waals surface area (Å²) in [5.41, 5.74) is 2.03. The summed E-state index contributed by atoms with van der Waals surface area (Å²) in [4.78, 5) is 21.4. The standard InChI is InChI=1S/C14H22O.C6H12N2O2/c1-13(2,3)10-8-7-9-11(12(10)15)14(4,5)6;1-3-5(9)8(7)6(10)4-2/h7-9,15H,1-6H3;3-4,7H2,1-2H3. The van der Waals surface area contributed by atoms with Crippen molar-refractivity contribution in [1.29, 1.82) is 0 Å². The molecule has 0 aliphatic rings. The number of rotatable bonds is 2. The molecule has 0 radical (unpaired) electrons. The molecule has 0 aliphatic carbocycles. The van der Waals surface area contributed by atoms with Gasteiger partial charge in [0.1, 0.15) is 5.75 Å². The number of hydrazine groups is 1. The molecule has 142 valence electrons. The first-order valence-corrected chi connectivity index (χ1v) is 8.70. The van der Waals surface area contributed by atoms with Gasteiger partial charge in [-0.15, -0.1) is 0 Å². The van der Waals surface area contributed by atoms with Crippen molar-refractivity contribution >= 4 is 11.8 Å². The molecule has 5 nitrogen and oxygen atoms in total. The number of imide groups is 1. The summed E-state index contributed by atoms with van der Waals surface area (Å²) in [7, 11) is 0. The van der Waals surface area contributed by atoms with Crippen LogP contribution >= 0.6 is 0 Å². The first kappa shape index (κ1) is 23.1. The van der Waals surface area contributed by atoms with Crippen LogP contribution in [0.4, 0.5) is 0 Å². The maximum atomic E-state index is 10.7. The van der Waals surface area contributed by atoms with Gasteiger partial charge >= 0.3 is 0 Å². The third kappa shape index (κ3) is 6.86. The van der Waals surface area contributed by atoms with E-state index in [9.17, 15) is 14.7 Å². The number of phenols is 1. The van der Waals surface area contributed by atoms with E-state index in [4.69, 9.17) is 5.84 Å². The van der Waals surface area contributed by atoms with Crippen molar-refractivity contribution < 1.29 is 14.7 Å². The smallest absolute Gasteiger partial charge is 0.243 e. The van der Waals surface area contributed by atoms with Gasteiger partial charge in [-0.05, 0) is 22.0 Å². The summed E-state index contributed by atoms with van der Waals surface area (Å²) in [5, 5.41) is 10.9. The number of carbonyl (C=O) groups excluding carboxylic acids is 2. The molecule has 1 aromatic carbocycles. The molecule has 0 unspecified atom stereocenters. The van der Waals surface area contributed by atoms with E-state index in [1.54, 1.807) is 13.8 Å². The summed E-state index contributed by atoms with van der Waals surface area (Å²) in [6, 6.07) is 6.04. The van der Waals surface area contributed by atoms with Crippen molar-refractivity contribution in [2.45, 2.75) is 79.1 Å². The Kier molecular flexibility index (Phi) is 8.32. The van der Waals surface area contributed by atoms with Crippen molar-refractivity contribution in [3.05, 3.63) is 29.3 Å². The third-order valence-corrected chi connectivity index (χ3v) is 3.79. The van der Waals surface area contributed by atoms with Gasteiger partial charge in [-0.1, -0.05) is 73.6 Å². The Bertz CT molecular complexity index is 548. The van der Waals surface area contributed by atoms with Crippen molar-refractivity contribution in [2.75, 3.05) is 0 Å². The first-order valence-electron chi connectivity index (χ1n) is 8.70. The molecular weight excluding hydrogens is 316 g/mol. The fourth-order valence-corrected chi connectivity index (χ4v) is 2.23. The van der Waals surface area contributed by atoms with Crippen LogP contribution in [-0.4, -0.2) is 21.9 Å². The van der Waals surface area contributed by atoms with Crippen LogP contribution in [0.5, 0.6) is 5.75 Å². The van der Waals surface area contributed by atoms with Crippen molar-refractivity contribution in [2.24, 2.45) is 5.84 Å². The van der Waals surface area contributed by atoms with Gasteiger partial charge in [0.2, 0.25) is 11.8 Å². The molecule has 5 heteroatoms. The summed E-state index contributed by atoms with van der Waals surface area (Å²) < 4.78 is 0. The highest BCUT2D eigenvalue weighted by molar-refractivity contribution is 5.94. The normalized spacial score (nSPS) is 11.4. The number of para-hydroxylation sites is 1. The van der Waals surface area contributed by atoms with Crippen LogP contribution in [0.15, 0.2) is 18.2 Å². The molecule has 0 aliphatic heterocycles. The van der Waals surface area contributed by atoms with Crippen LogP contribution in [0.2, 0.25) is 0 Å². The predicted octanol–water partition coefficient (Wildman–Crippen LogP) is 4.02. The van der Waals surface area contributed by atoms with Crippen LogP contribution in [0.25, 0.3) is 0 Å². The lowest BCUT2D eigenvalue weighted by Crippen LogP contribution is -2.41. The lowest BCUT2D eigenvalue weighted by Gasteiger charge is -2.26. The lowest BCUT2D eigenvalue weighted by molar-refractivity contribution is -0.144. The van der Waals surface area contributed by atoms with Crippen LogP contribution in [0.1, 0.15) is 79.4 Å². The molecule has 0 atom stereocenters. The highest BCUT2D eigenvalue weighted by Crippen LogP contribution is 2.38. The SMILES string of the molecule is CC(C)(C)c1cccc(C(C)(C)C)c1O.CCC(=O)N(N)C(=O)CC.